The minimum absolute atomic E-state index is 0. The summed E-state index contributed by atoms with van der Waals surface area (Å²) in [4.78, 5) is 0. The standard InChI is InChI=1S/3Na.6H2O.Rh/h;;;6*1H2;. The first-order valence-electron chi connectivity index (χ1n) is 0. The van der Waals surface area contributed by atoms with Crippen molar-refractivity contribution in [2.75, 3.05) is 0 Å². The molecule has 0 rings (SSSR count). The van der Waals surface area contributed by atoms with Crippen LogP contribution in [-0.2, 0) is 19.5 Å². The van der Waals surface area contributed by atoms with Gasteiger partial charge >= 0.3 is 0 Å². The Morgan fingerprint density at radius 3 is 0.300 bits per heavy atom. The van der Waals surface area contributed by atoms with Gasteiger partial charge in [0.1, 0.15) is 0 Å². The first-order valence-corrected chi connectivity index (χ1v) is 0. The second kappa shape index (κ2) is 140. The molecule has 0 fully saturated rings. The van der Waals surface area contributed by atoms with E-state index >= 15 is 0 Å². The Labute approximate surface area is 138 Å². The molecule has 6 nitrogen and oxygen atoms in total. The van der Waals surface area contributed by atoms with Crippen LogP contribution in [0.4, 0.5) is 0 Å². The molecule has 10 heavy (non-hydrogen) atoms. The van der Waals surface area contributed by atoms with Crippen LogP contribution in [0.15, 0.2) is 0 Å². The molecule has 0 unspecified atom stereocenters. The van der Waals surface area contributed by atoms with Gasteiger partial charge < -0.3 is 32.9 Å². The fourth-order valence-electron chi connectivity index (χ4n) is 0. The van der Waals surface area contributed by atoms with Crippen LogP contribution in [0, 0.1) is 0 Å². The molecule has 0 spiro atoms. The van der Waals surface area contributed by atoms with Crippen LogP contribution in [0.3, 0.4) is 0 Å². The fraction of sp³-hybridized carbons (Fsp3) is 0. The van der Waals surface area contributed by atoms with Gasteiger partial charge in [-0.25, -0.2) is 0 Å². The van der Waals surface area contributed by atoms with Crippen molar-refractivity contribution >= 4 is 88.7 Å². The third-order valence-corrected chi connectivity index (χ3v) is 0. The van der Waals surface area contributed by atoms with Crippen molar-refractivity contribution in [2.24, 2.45) is 0 Å². The van der Waals surface area contributed by atoms with Gasteiger partial charge in [-0.05, 0) is 0 Å². The van der Waals surface area contributed by atoms with Gasteiger partial charge in [0.25, 0.3) is 0 Å². The summed E-state index contributed by atoms with van der Waals surface area (Å²) in [6.45, 7) is 0. The van der Waals surface area contributed by atoms with Crippen molar-refractivity contribution in [1.82, 2.24) is 0 Å². The maximum absolute atomic E-state index is 0. The van der Waals surface area contributed by atoms with Crippen LogP contribution in [-0.4, -0.2) is 122 Å². The molecular formula is H12Na3O6Rh. The largest absolute Gasteiger partial charge is 0.412 e. The number of hydrogen-bond donors (Lipinski definition) is 0. The van der Waals surface area contributed by atoms with Gasteiger partial charge in [-0.3, -0.25) is 0 Å². The molecule has 0 amide bonds. The Morgan fingerprint density at radius 2 is 0.300 bits per heavy atom. The predicted octanol–water partition coefficient (Wildman–Crippen LogP) is -6.09. The van der Waals surface area contributed by atoms with Crippen molar-refractivity contribution in [3.8, 4) is 0 Å². The quantitative estimate of drug-likeness (QED) is 0.382. The second-order valence-corrected chi connectivity index (χ2v) is 0. The molecule has 0 aromatic heterocycles. The summed E-state index contributed by atoms with van der Waals surface area (Å²) in [5, 5.41) is 0. The summed E-state index contributed by atoms with van der Waals surface area (Å²) in [5.74, 6) is 0. The monoisotopic (exact) mass is 280 g/mol. The van der Waals surface area contributed by atoms with Gasteiger partial charge in [0.05, 0.1) is 0 Å². The van der Waals surface area contributed by atoms with Crippen LogP contribution < -0.4 is 0 Å². The third kappa shape index (κ3) is 107. The van der Waals surface area contributed by atoms with Gasteiger partial charge in [-0.15, -0.1) is 0 Å². The zero-order valence-corrected chi connectivity index (χ0v) is 14.0. The van der Waals surface area contributed by atoms with Gasteiger partial charge in [0, 0.05) is 108 Å². The molecule has 4 radical (unpaired) electrons. The maximum atomic E-state index is 0. The van der Waals surface area contributed by atoms with E-state index < -0.39 is 0 Å². The van der Waals surface area contributed by atoms with E-state index in [9.17, 15) is 0 Å². The Balaban J connectivity index is 0. The molecule has 12 N–H and O–H groups in total. The Kier molecular flexibility index (Phi) is 2510. The van der Waals surface area contributed by atoms with E-state index in [-0.39, 0.29) is 141 Å². The summed E-state index contributed by atoms with van der Waals surface area (Å²) in [5.41, 5.74) is 0. The van der Waals surface area contributed by atoms with E-state index in [1.807, 2.05) is 0 Å². The van der Waals surface area contributed by atoms with E-state index in [1.165, 1.54) is 0 Å². The van der Waals surface area contributed by atoms with Crippen molar-refractivity contribution in [3.63, 3.8) is 0 Å². The van der Waals surface area contributed by atoms with E-state index in [1.54, 1.807) is 0 Å². The molecule has 0 aliphatic carbocycles. The molecule has 0 aromatic rings. The van der Waals surface area contributed by atoms with Gasteiger partial charge in [-0.1, -0.05) is 0 Å². The molecule has 0 aromatic carbocycles. The molecule has 10 heteroatoms. The van der Waals surface area contributed by atoms with Gasteiger partial charge in [0.15, 0.2) is 0 Å². The maximum Gasteiger partial charge on any atom is 0 e. The van der Waals surface area contributed by atoms with Crippen molar-refractivity contribution < 1.29 is 52.3 Å². The van der Waals surface area contributed by atoms with Gasteiger partial charge in [0.2, 0.25) is 0 Å². The molecule has 60 valence electrons. The Bertz CT molecular complexity index is 13.0. The summed E-state index contributed by atoms with van der Waals surface area (Å²) in [6, 6.07) is 0. The first kappa shape index (κ1) is 179. The van der Waals surface area contributed by atoms with E-state index in [2.05, 4.69) is 0 Å². The third-order valence-electron chi connectivity index (χ3n) is 0. The molecule has 0 saturated heterocycles. The molecule has 0 bridgehead atoms. The summed E-state index contributed by atoms with van der Waals surface area (Å²) >= 11 is 0. The molecular weight excluding hydrogens is 268 g/mol. The van der Waals surface area contributed by atoms with E-state index in [4.69, 9.17) is 0 Å². The molecule has 0 aliphatic rings. The normalized spacial score (nSPS) is 0. The summed E-state index contributed by atoms with van der Waals surface area (Å²) in [7, 11) is 0. The Hall–Kier alpha value is 3.38. The topological polar surface area (TPSA) is 189 Å². The molecule has 0 aliphatic heterocycles. The zero-order valence-electron chi connectivity index (χ0n) is 6.33. The summed E-state index contributed by atoms with van der Waals surface area (Å²) in [6.07, 6.45) is 0. The molecule has 0 atom stereocenters. The average molecular weight is 280 g/mol. The zero-order chi connectivity index (χ0) is 0. The first-order chi connectivity index (χ1) is 0. The van der Waals surface area contributed by atoms with Crippen LogP contribution in [0.1, 0.15) is 0 Å². The number of hydrogen-bond acceptors (Lipinski definition) is 0. The van der Waals surface area contributed by atoms with Gasteiger partial charge in [-0.2, -0.15) is 0 Å². The van der Waals surface area contributed by atoms with Crippen molar-refractivity contribution in [2.45, 2.75) is 0 Å². The number of rotatable bonds is 0. The SMILES string of the molecule is O.O.O.O.O.O.[Na].[Na].[Na].[Rh]. The minimum Gasteiger partial charge on any atom is -0.412 e. The predicted molar refractivity (Wildman–Crippen MR) is 38.9 cm³/mol. The summed E-state index contributed by atoms with van der Waals surface area (Å²) < 4.78 is 0. The second-order valence-electron chi connectivity index (χ2n) is 0. The van der Waals surface area contributed by atoms with Crippen LogP contribution in [0.25, 0.3) is 0 Å². The van der Waals surface area contributed by atoms with Crippen LogP contribution in [0.2, 0.25) is 0 Å². The Morgan fingerprint density at radius 1 is 0.300 bits per heavy atom. The van der Waals surface area contributed by atoms with E-state index in [0.717, 1.165) is 0 Å². The molecule has 0 heterocycles. The molecule has 0 saturated carbocycles. The fourth-order valence-corrected chi connectivity index (χ4v) is 0. The van der Waals surface area contributed by atoms with E-state index in [0.29, 0.717) is 0 Å². The smallest absolute Gasteiger partial charge is 0 e. The van der Waals surface area contributed by atoms with Crippen LogP contribution >= 0.6 is 0 Å². The minimum atomic E-state index is 0. The van der Waals surface area contributed by atoms with Crippen molar-refractivity contribution in [3.05, 3.63) is 0 Å². The average Bonchev–Trinajstić information content (AvgIpc) is 0. The van der Waals surface area contributed by atoms with Crippen molar-refractivity contribution in [1.29, 1.82) is 0 Å². The van der Waals surface area contributed by atoms with Crippen LogP contribution in [0.5, 0.6) is 0 Å².